The first-order chi connectivity index (χ1) is 9.08. The van der Waals surface area contributed by atoms with Crippen molar-refractivity contribution in [2.75, 3.05) is 33.7 Å². The first-order valence-corrected chi connectivity index (χ1v) is 7.24. The second kappa shape index (κ2) is 6.04. The Morgan fingerprint density at radius 1 is 1.32 bits per heavy atom. The lowest BCUT2D eigenvalue weighted by Crippen LogP contribution is -2.59. The highest BCUT2D eigenvalue weighted by Crippen LogP contribution is 2.35. The van der Waals surface area contributed by atoms with E-state index in [1.807, 2.05) is 30.3 Å². The van der Waals surface area contributed by atoms with Gasteiger partial charge in [0, 0.05) is 13.1 Å². The number of piperidine rings is 1. The minimum absolute atomic E-state index is 0.148. The van der Waals surface area contributed by atoms with E-state index in [1.54, 1.807) is 0 Å². The number of likely N-dealkylation sites (N-methyl/N-ethyl adjacent to an activating group) is 1. The van der Waals surface area contributed by atoms with Crippen LogP contribution in [0.15, 0.2) is 30.3 Å². The van der Waals surface area contributed by atoms with E-state index in [4.69, 9.17) is 0 Å². The average molecular weight is 262 g/mol. The first-order valence-electron chi connectivity index (χ1n) is 7.24. The molecule has 2 atom stereocenters. The molecule has 3 heteroatoms. The van der Waals surface area contributed by atoms with Crippen molar-refractivity contribution in [3.8, 4) is 0 Å². The molecule has 2 rings (SSSR count). The minimum atomic E-state index is -0.727. The summed E-state index contributed by atoms with van der Waals surface area (Å²) in [6.07, 6.45) is 1.98. The van der Waals surface area contributed by atoms with Gasteiger partial charge in [-0.1, -0.05) is 37.3 Å². The molecule has 106 valence electrons. The lowest BCUT2D eigenvalue weighted by atomic mass is 9.80. The highest BCUT2D eigenvalue weighted by molar-refractivity contribution is 5.25. The van der Waals surface area contributed by atoms with Crippen molar-refractivity contribution < 1.29 is 5.11 Å². The highest BCUT2D eigenvalue weighted by atomic mass is 16.3. The van der Waals surface area contributed by atoms with Crippen molar-refractivity contribution in [1.29, 1.82) is 0 Å². The first kappa shape index (κ1) is 14.5. The number of likely N-dealkylation sites (tertiary alicyclic amines) is 1. The van der Waals surface area contributed by atoms with Crippen LogP contribution >= 0.6 is 0 Å². The molecule has 0 spiro atoms. The molecule has 3 nitrogen and oxygen atoms in total. The van der Waals surface area contributed by atoms with E-state index in [9.17, 15) is 5.11 Å². The van der Waals surface area contributed by atoms with E-state index < -0.39 is 5.60 Å². The molecule has 1 aromatic carbocycles. The molecule has 1 aliphatic heterocycles. The molecular formula is C16H26N2O. The Hall–Kier alpha value is -0.900. The zero-order valence-corrected chi connectivity index (χ0v) is 12.3. The van der Waals surface area contributed by atoms with Gasteiger partial charge in [-0.3, -0.25) is 0 Å². The second-order valence-corrected chi connectivity index (χ2v) is 5.82. The number of hydrogen-bond donors (Lipinski definition) is 1. The molecule has 0 bridgehead atoms. The number of hydrogen-bond acceptors (Lipinski definition) is 3. The van der Waals surface area contributed by atoms with Crippen LogP contribution in [0.4, 0.5) is 0 Å². The molecule has 0 radical (unpaired) electrons. The summed E-state index contributed by atoms with van der Waals surface area (Å²) >= 11 is 0. The fraction of sp³-hybridized carbons (Fsp3) is 0.625. The Labute approximate surface area is 116 Å². The van der Waals surface area contributed by atoms with Gasteiger partial charge in [0.1, 0.15) is 5.60 Å². The van der Waals surface area contributed by atoms with Crippen LogP contribution in [0.2, 0.25) is 0 Å². The normalized spacial score (nSPS) is 28.8. The van der Waals surface area contributed by atoms with E-state index >= 15 is 0 Å². The van der Waals surface area contributed by atoms with Crippen LogP contribution < -0.4 is 0 Å². The number of benzene rings is 1. The van der Waals surface area contributed by atoms with E-state index in [0.29, 0.717) is 0 Å². The maximum atomic E-state index is 11.2. The van der Waals surface area contributed by atoms with Crippen LogP contribution in [0.3, 0.4) is 0 Å². The Kier molecular flexibility index (Phi) is 4.61. The van der Waals surface area contributed by atoms with Crippen LogP contribution in [0.1, 0.15) is 25.3 Å². The van der Waals surface area contributed by atoms with Crippen molar-refractivity contribution in [2.45, 2.75) is 31.4 Å². The molecule has 1 saturated heterocycles. The molecule has 1 aliphatic rings. The lowest BCUT2D eigenvalue weighted by molar-refractivity contribution is -0.0876. The molecule has 0 amide bonds. The van der Waals surface area contributed by atoms with Gasteiger partial charge >= 0.3 is 0 Å². The predicted octanol–water partition coefficient (Wildman–Crippen LogP) is 1.92. The van der Waals surface area contributed by atoms with Gasteiger partial charge in [0.05, 0.1) is 6.04 Å². The van der Waals surface area contributed by atoms with Gasteiger partial charge in [-0.2, -0.15) is 0 Å². The zero-order chi connectivity index (χ0) is 13.9. The molecule has 1 aromatic rings. The topological polar surface area (TPSA) is 26.7 Å². The van der Waals surface area contributed by atoms with E-state index in [2.05, 4.69) is 30.8 Å². The third kappa shape index (κ3) is 2.99. The standard InChI is InChI=1S/C16H26N2O/c1-4-11-18-12-10-16(19,15(13-18)17(2)3)14-8-6-5-7-9-14/h5-9,15,19H,4,10-13H2,1-3H3. The van der Waals surface area contributed by atoms with Crippen molar-refractivity contribution in [2.24, 2.45) is 0 Å². The molecule has 0 saturated carbocycles. The van der Waals surface area contributed by atoms with Crippen molar-refractivity contribution >= 4 is 0 Å². The summed E-state index contributed by atoms with van der Waals surface area (Å²) in [6, 6.07) is 10.3. The summed E-state index contributed by atoms with van der Waals surface area (Å²) in [6.45, 7) is 5.24. The van der Waals surface area contributed by atoms with Crippen molar-refractivity contribution in [3.05, 3.63) is 35.9 Å². The fourth-order valence-electron chi connectivity index (χ4n) is 3.16. The fourth-order valence-corrected chi connectivity index (χ4v) is 3.16. The summed E-state index contributed by atoms with van der Waals surface area (Å²) in [7, 11) is 4.13. The maximum absolute atomic E-state index is 11.2. The summed E-state index contributed by atoms with van der Waals surface area (Å²) in [5.74, 6) is 0. The Morgan fingerprint density at radius 3 is 2.58 bits per heavy atom. The van der Waals surface area contributed by atoms with Crippen LogP contribution in [0.5, 0.6) is 0 Å². The highest BCUT2D eigenvalue weighted by Gasteiger charge is 2.43. The van der Waals surface area contributed by atoms with Crippen molar-refractivity contribution in [3.63, 3.8) is 0 Å². The van der Waals surface area contributed by atoms with Gasteiger partial charge in [-0.25, -0.2) is 0 Å². The predicted molar refractivity (Wildman–Crippen MR) is 79.2 cm³/mol. The second-order valence-electron chi connectivity index (χ2n) is 5.82. The third-order valence-corrected chi connectivity index (χ3v) is 4.23. The van der Waals surface area contributed by atoms with Gasteiger partial charge in [0.2, 0.25) is 0 Å². The Bertz CT molecular complexity index is 393. The largest absolute Gasteiger partial charge is 0.383 e. The van der Waals surface area contributed by atoms with Crippen LogP contribution in [0, 0.1) is 0 Å². The molecule has 0 aliphatic carbocycles. The SMILES string of the molecule is CCCN1CCC(O)(c2ccccc2)C(N(C)C)C1. The van der Waals surface area contributed by atoms with E-state index in [-0.39, 0.29) is 6.04 Å². The minimum Gasteiger partial charge on any atom is -0.383 e. The van der Waals surface area contributed by atoms with Crippen molar-refractivity contribution in [1.82, 2.24) is 9.80 Å². The van der Waals surface area contributed by atoms with Gasteiger partial charge in [-0.05, 0) is 39.0 Å². The van der Waals surface area contributed by atoms with E-state index in [0.717, 1.165) is 31.6 Å². The number of rotatable bonds is 4. The van der Waals surface area contributed by atoms with Crippen LogP contribution in [0.25, 0.3) is 0 Å². The third-order valence-electron chi connectivity index (χ3n) is 4.23. The zero-order valence-electron chi connectivity index (χ0n) is 12.3. The summed E-state index contributed by atoms with van der Waals surface area (Å²) in [5.41, 5.74) is 0.319. The average Bonchev–Trinajstić information content (AvgIpc) is 2.42. The molecule has 0 aromatic heterocycles. The molecule has 19 heavy (non-hydrogen) atoms. The quantitative estimate of drug-likeness (QED) is 0.898. The Balaban J connectivity index is 2.24. The molecule has 1 fully saturated rings. The number of aliphatic hydroxyl groups is 1. The molecular weight excluding hydrogens is 236 g/mol. The van der Waals surface area contributed by atoms with Gasteiger partial charge < -0.3 is 14.9 Å². The monoisotopic (exact) mass is 262 g/mol. The van der Waals surface area contributed by atoms with Gasteiger partial charge in [0.25, 0.3) is 0 Å². The smallest absolute Gasteiger partial charge is 0.107 e. The van der Waals surface area contributed by atoms with Gasteiger partial charge in [-0.15, -0.1) is 0 Å². The molecule has 1 heterocycles. The summed E-state index contributed by atoms with van der Waals surface area (Å²) in [4.78, 5) is 4.62. The maximum Gasteiger partial charge on any atom is 0.107 e. The molecule has 1 N–H and O–H groups in total. The van der Waals surface area contributed by atoms with E-state index in [1.165, 1.54) is 6.42 Å². The van der Waals surface area contributed by atoms with Crippen LogP contribution in [-0.2, 0) is 5.60 Å². The summed E-state index contributed by atoms with van der Waals surface area (Å²) < 4.78 is 0. The lowest BCUT2D eigenvalue weighted by Gasteiger charge is -2.47. The molecule has 2 unspecified atom stereocenters. The van der Waals surface area contributed by atoms with Crippen LogP contribution in [-0.4, -0.2) is 54.7 Å². The van der Waals surface area contributed by atoms with Gasteiger partial charge in [0.15, 0.2) is 0 Å². The number of nitrogens with zero attached hydrogens (tertiary/aromatic N) is 2. The Morgan fingerprint density at radius 2 is 2.00 bits per heavy atom. The summed E-state index contributed by atoms with van der Waals surface area (Å²) in [5, 5.41) is 11.2.